The topological polar surface area (TPSA) is 66.4 Å². The van der Waals surface area contributed by atoms with E-state index >= 15 is 0 Å². The fraction of sp³-hybridized carbons (Fsp3) is 0.467. The minimum Gasteiger partial charge on any atom is -0.395 e. The molecule has 1 aromatic carbocycles. The molecule has 1 rings (SSSR count). The number of benzene rings is 1. The highest BCUT2D eigenvalue weighted by atomic mass is 32.2. The van der Waals surface area contributed by atoms with Gasteiger partial charge >= 0.3 is 0 Å². The lowest BCUT2D eigenvalue weighted by Crippen LogP contribution is -2.42. The Bertz CT molecular complexity index is 609. The Morgan fingerprint density at radius 2 is 2.05 bits per heavy atom. The zero-order valence-corrected chi connectivity index (χ0v) is 12.9. The molecular weight excluding hydrogens is 274 g/mol. The summed E-state index contributed by atoms with van der Waals surface area (Å²) in [4.78, 5) is 0.204. The van der Waals surface area contributed by atoms with Crippen molar-refractivity contribution in [2.24, 2.45) is 0 Å². The highest BCUT2D eigenvalue weighted by molar-refractivity contribution is 7.89. The Labute approximate surface area is 121 Å². The molecule has 0 amide bonds. The van der Waals surface area contributed by atoms with Crippen LogP contribution in [-0.2, 0) is 10.0 Å². The lowest BCUT2D eigenvalue weighted by Gasteiger charge is -2.24. The van der Waals surface area contributed by atoms with Crippen molar-refractivity contribution in [3.8, 4) is 11.8 Å². The number of sulfonamides is 1. The van der Waals surface area contributed by atoms with Crippen molar-refractivity contribution >= 4 is 10.0 Å². The maximum Gasteiger partial charge on any atom is 0.241 e. The minimum absolute atomic E-state index is 0.00274. The minimum atomic E-state index is -3.55. The summed E-state index contributed by atoms with van der Waals surface area (Å²) in [5.41, 5.74) is 0.132. The quantitative estimate of drug-likeness (QED) is 0.815. The van der Waals surface area contributed by atoms with Crippen LogP contribution in [0.3, 0.4) is 0 Å². The van der Waals surface area contributed by atoms with Crippen LogP contribution in [0.25, 0.3) is 0 Å². The van der Waals surface area contributed by atoms with Crippen molar-refractivity contribution in [3.63, 3.8) is 0 Å². The summed E-state index contributed by atoms with van der Waals surface area (Å²) in [6.45, 7) is 5.61. The van der Waals surface area contributed by atoms with Gasteiger partial charge in [0.2, 0.25) is 10.0 Å². The molecule has 110 valence electrons. The van der Waals surface area contributed by atoms with Crippen molar-refractivity contribution in [2.45, 2.75) is 44.0 Å². The van der Waals surface area contributed by atoms with Gasteiger partial charge in [-0.15, -0.1) is 0 Å². The third-order valence-electron chi connectivity index (χ3n) is 2.91. The zero-order valence-electron chi connectivity index (χ0n) is 12.1. The van der Waals surface area contributed by atoms with E-state index in [1.807, 2.05) is 20.8 Å². The molecule has 0 aliphatic carbocycles. The summed E-state index contributed by atoms with van der Waals surface area (Å²) in [7, 11) is -3.55. The van der Waals surface area contributed by atoms with E-state index in [9.17, 15) is 8.42 Å². The average Bonchev–Trinajstić information content (AvgIpc) is 2.38. The van der Waals surface area contributed by atoms with Crippen LogP contribution in [0.4, 0.5) is 0 Å². The maximum atomic E-state index is 12.3. The normalized spacial score (nSPS) is 11.8. The Hall–Kier alpha value is -1.35. The molecule has 0 unspecified atom stereocenters. The predicted molar refractivity (Wildman–Crippen MR) is 79.7 cm³/mol. The van der Waals surface area contributed by atoms with Gasteiger partial charge in [0, 0.05) is 17.5 Å². The Morgan fingerprint density at radius 3 is 2.65 bits per heavy atom. The molecule has 0 saturated carbocycles. The number of aliphatic hydroxyl groups is 1. The highest BCUT2D eigenvalue weighted by Crippen LogP contribution is 2.16. The van der Waals surface area contributed by atoms with Gasteiger partial charge in [0.15, 0.2) is 0 Å². The van der Waals surface area contributed by atoms with Gasteiger partial charge in [0.05, 0.1) is 11.5 Å². The first-order chi connectivity index (χ1) is 9.30. The molecule has 0 aromatic heterocycles. The fourth-order valence-electron chi connectivity index (χ4n) is 1.46. The number of nitrogens with one attached hydrogen (secondary N) is 1. The van der Waals surface area contributed by atoms with E-state index in [2.05, 4.69) is 16.6 Å². The van der Waals surface area contributed by atoms with Crippen molar-refractivity contribution in [3.05, 3.63) is 29.8 Å². The van der Waals surface area contributed by atoms with Crippen molar-refractivity contribution in [1.29, 1.82) is 0 Å². The Morgan fingerprint density at radius 1 is 1.35 bits per heavy atom. The molecule has 0 atom stereocenters. The molecule has 5 heteroatoms. The van der Waals surface area contributed by atoms with E-state index in [-0.39, 0.29) is 11.5 Å². The molecule has 4 nitrogen and oxygen atoms in total. The van der Waals surface area contributed by atoms with E-state index < -0.39 is 15.6 Å². The summed E-state index contributed by atoms with van der Waals surface area (Å²) in [5, 5.41) is 8.67. The molecule has 0 saturated heterocycles. The number of aliphatic hydroxyl groups excluding tert-OH is 1. The predicted octanol–water partition coefficient (Wildman–Crippen LogP) is 1.89. The number of hydrogen-bond donors (Lipinski definition) is 2. The standard InChI is InChI=1S/C15H21NO3S/c1-4-15(2,3)16-20(18,19)14-10-7-9-13(12-14)8-5-6-11-17/h7,9-10,12,16-17H,4,6,11H2,1-3H3. The summed E-state index contributed by atoms with van der Waals surface area (Å²) < 4.78 is 27.3. The van der Waals surface area contributed by atoms with Crippen molar-refractivity contribution in [1.82, 2.24) is 4.72 Å². The smallest absolute Gasteiger partial charge is 0.241 e. The van der Waals surface area contributed by atoms with Crippen LogP contribution < -0.4 is 4.72 Å². The molecule has 0 radical (unpaired) electrons. The monoisotopic (exact) mass is 295 g/mol. The molecule has 0 fully saturated rings. The summed E-state index contributed by atoms with van der Waals surface area (Å²) >= 11 is 0. The van der Waals surface area contributed by atoms with E-state index in [1.165, 1.54) is 0 Å². The summed E-state index contributed by atoms with van der Waals surface area (Å²) in [5.74, 6) is 5.61. The van der Waals surface area contributed by atoms with Crippen LogP contribution >= 0.6 is 0 Å². The Kier molecular flexibility index (Phi) is 5.75. The first-order valence-electron chi connectivity index (χ1n) is 6.54. The SMILES string of the molecule is CCC(C)(C)NS(=O)(=O)c1cccc(C#CCCO)c1. The van der Waals surface area contributed by atoms with E-state index in [1.54, 1.807) is 24.3 Å². The van der Waals surface area contributed by atoms with Gasteiger partial charge in [-0.25, -0.2) is 13.1 Å². The second-order valence-electron chi connectivity index (χ2n) is 5.15. The average molecular weight is 295 g/mol. The first kappa shape index (κ1) is 16.7. The van der Waals surface area contributed by atoms with Crippen LogP contribution in [0.15, 0.2) is 29.2 Å². The van der Waals surface area contributed by atoms with Gasteiger partial charge in [0.1, 0.15) is 0 Å². The van der Waals surface area contributed by atoms with E-state index in [0.717, 1.165) is 0 Å². The molecule has 0 heterocycles. The van der Waals surface area contributed by atoms with Gasteiger partial charge in [-0.05, 0) is 38.5 Å². The lowest BCUT2D eigenvalue weighted by atomic mass is 10.0. The summed E-state index contributed by atoms with van der Waals surface area (Å²) in [6, 6.07) is 6.49. The van der Waals surface area contributed by atoms with Crippen LogP contribution in [0, 0.1) is 11.8 Å². The second-order valence-corrected chi connectivity index (χ2v) is 6.83. The zero-order chi connectivity index (χ0) is 15.2. The van der Waals surface area contributed by atoms with Crippen LogP contribution in [-0.4, -0.2) is 25.7 Å². The third kappa shape index (κ3) is 4.97. The van der Waals surface area contributed by atoms with Gasteiger partial charge in [-0.3, -0.25) is 0 Å². The number of hydrogen-bond acceptors (Lipinski definition) is 3. The first-order valence-corrected chi connectivity index (χ1v) is 8.03. The maximum absolute atomic E-state index is 12.3. The lowest BCUT2D eigenvalue weighted by molar-refractivity contribution is 0.305. The molecule has 0 bridgehead atoms. The third-order valence-corrected chi connectivity index (χ3v) is 4.60. The van der Waals surface area contributed by atoms with Gasteiger partial charge < -0.3 is 5.11 Å². The van der Waals surface area contributed by atoms with Gasteiger partial charge in [-0.1, -0.05) is 24.8 Å². The van der Waals surface area contributed by atoms with Crippen molar-refractivity contribution < 1.29 is 13.5 Å². The van der Waals surface area contributed by atoms with E-state index in [4.69, 9.17) is 5.11 Å². The highest BCUT2D eigenvalue weighted by Gasteiger charge is 2.24. The van der Waals surface area contributed by atoms with Crippen LogP contribution in [0.5, 0.6) is 0 Å². The molecule has 0 spiro atoms. The van der Waals surface area contributed by atoms with Gasteiger partial charge in [0.25, 0.3) is 0 Å². The summed E-state index contributed by atoms with van der Waals surface area (Å²) in [6.07, 6.45) is 1.07. The second kappa shape index (κ2) is 6.89. The number of rotatable bonds is 5. The van der Waals surface area contributed by atoms with E-state index in [0.29, 0.717) is 18.4 Å². The van der Waals surface area contributed by atoms with Gasteiger partial charge in [-0.2, -0.15) is 0 Å². The van der Waals surface area contributed by atoms with Crippen LogP contribution in [0.1, 0.15) is 39.2 Å². The molecule has 2 N–H and O–H groups in total. The molecular formula is C15H21NO3S. The molecule has 1 aromatic rings. The van der Waals surface area contributed by atoms with Crippen LogP contribution in [0.2, 0.25) is 0 Å². The fourth-order valence-corrected chi connectivity index (χ4v) is 2.99. The largest absolute Gasteiger partial charge is 0.395 e. The molecule has 0 aliphatic heterocycles. The Balaban J connectivity index is 3.03. The van der Waals surface area contributed by atoms with Crippen molar-refractivity contribution in [2.75, 3.05) is 6.61 Å². The molecule has 20 heavy (non-hydrogen) atoms. The molecule has 0 aliphatic rings.